The third kappa shape index (κ3) is 3.32. The molecule has 0 saturated carbocycles. The first-order valence-electron chi connectivity index (χ1n) is 10.4. The predicted octanol–water partition coefficient (Wildman–Crippen LogP) is 3.58. The van der Waals surface area contributed by atoms with Crippen molar-refractivity contribution in [3.05, 3.63) is 65.9 Å². The van der Waals surface area contributed by atoms with Gasteiger partial charge in [0.05, 0.1) is 6.54 Å². The third-order valence-electron chi connectivity index (χ3n) is 6.35. The van der Waals surface area contributed by atoms with Crippen LogP contribution in [0.5, 0.6) is 5.75 Å². The summed E-state index contributed by atoms with van der Waals surface area (Å²) in [5.41, 5.74) is 2.30. The molecule has 3 aromatic rings. The zero-order valence-electron chi connectivity index (χ0n) is 17.1. The van der Waals surface area contributed by atoms with Gasteiger partial charge in [-0.3, -0.25) is 9.59 Å². The minimum Gasteiger partial charge on any atom is -0.485 e. The van der Waals surface area contributed by atoms with Crippen molar-refractivity contribution >= 4 is 22.7 Å². The van der Waals surface area contributed by atoms with E-state index in [9.17, 15) is 9.59 Å². The first-order chi connectivity index (χ1) is 14.5. The lowest BCUT2D eigenvalue weighted by atomic mass is 9.90. The van der Waals surface area contributed by atoms with Crippen LogP contribution in [0.1, 0.15) is 35.7 Å². The molecule has 0 unspecified atom stereocenters. The van der Waals surface area contributed by atoms with Gasteiger partial charge in [0.2, 0.25) is 5.91 Å². The summed E-state index contributed by atoms with van der Waals surface area (Å²) in [5.74, 6) is 0.942. The van der Waals surface area contributed by atoms with Gasteiger partial charge >= 0.3 is 0 Å². The van der Waals surface area contributed by atoms with Gasteiger partial charge in [-0.2, -0.15) is 0 Å². The van der Waals surface area contributed by atoms with Gasteiger partial charge in [-0.25, -0.2) is 0 Å². The summed E-state index contributed by atoms with van der Waals surface area (Å²) in [6.45, 7) is 3.94. The molecule has 5 rings (SSSR count). The quantitative estimate of drug-likeness (QED) is 0.675. The third-order valence-corrected chi connectivity index (χ3v) is 6.35. The molecule has 2 aromatic carbocycles. The van der Waals surface area contributed by atoms with E-state index in [2.05, 4.69) is 4.98 Å². The van der Waals surface area contributed by atoms with E-state index in [4.69, 9.17) is 4.74 Å². The van der Waals surface area contributed by atoms with E-state index in [1.54, 1.807) is 6.92 Å². The minimum atomic E-state index is -0.459. The molecule has 1 fully saturated rings. The van der Waals surface area contributed by atoms with Crippen LogP contribution in [0.4, 0.5) is 0 Å². The number of piperidine rings is 1. The minimum absolute atomic E-state index is 0.0467. The number of carbonyl (C=O) groups is 2. The highest BCUT2D eigenvalue weighted by molar-refractivity contribution is 5.98. The van der Waals surface area contributed by atoms with Crippen LogP contribution >= 0.6 is 0 Å². The number of rotatable bonds is 1. The number of carbonyl (C=O) groups excluding carboxylic acids is 2. The lowest BCUT2D eigenvalue weighted by Crippen LogP contribution is -2.55. The van der Waals surface area contributed by atoms with E-state index in [0.29, 0.717) is 44.6 Å². The second-order valence-electron chi connectivity index (χ2n) is 8.34. The molecule has 6 heteroatoms. The molecule has 1 spiro atoms. The zero-order valence-corrected chi connectivity index (χ0v) is 17.1. The van der Waals surface area contributed by atoms with Gasteiger partial charge in [0.25, 0.3) is 5.91 Å². The molecule has 0 atom stereocenters. The molecular weight excluding hydrogens is 378 g/mol. The van der Waals surface area contributed by atoms with Crippen molar-refractivity contribution in [3.63, 3.8) is 0 Å². The fourth-order valence-corrected chi connectivity index (χ4v) is 4.58. The van der Waals surface area contributed by atoms with Gasteiger partial charge < -0.3 is 19.5 Å². The summed E-state index contributed by atoms with van der Waals surface area (Å²) in [6.07, 6.45) is 3.28. The smallest absolute Gasteiger partial charge is 0.253 e. The maximum atomic E-state index is 13.1. The van der Waals surface area contributed by atoms with Gasteiger partial charge in [0, 0.05) is 67.6 Å². The van der Waals surface area contributed by atoms with E-state index in [-0.39, 0.29) is 11.8 Å². The monoisotopic (exact) mass is 403 g/mol. The van der Waals surface area contributed by atoms with E-state index in [1.165, 1.54) is 0 Å². The van der Waals surface area contributed by atoms with Gasteiger partial charge in [0.1, 0.15) is 11.4 Å². The van der Waals surface area contributed by atoms with Gasteiger partial charge in [-0.05, 0) is 30.3 Å². The van der Waals surface area contributed by atoms with E-state index >= 15 is 0 Å². The van der Waals surface area contributed by atoms with Gasteiger partial charge in [-0.1, -0.05) is 18.2 Å². The number of benzene rings is 2. The molecule has 2 amide bonds. The van der Waals surface area contributed by atoms with Gasteiger partial charge in [0.15, 0.2) is 0 Å². The molecule has 2 aliphatic heterocycles. The number of ether oxygens (including phenoxy) is 1. The second kappa shape index (κ2) is 7.20. The Bertz CT molecular complexity index is 1110. The van der Waals surface area contributed by atoms with Crippen molar-refractivity contribution in [2.45, 2.75) is 31.9 Å². The molecule has 6 nitrogen and oxygen atoms in total. The van der Waals surface area contributed by atoms with E-state index in [0.717, 1.165) is 22.2 Å². The van der Waals surface area contributed by atoms with Crippen LogP contribution < -0.4 is 4.74 Å². The highest BCUT2D eigenvalue weighted by atomic mass is 16.5. The Morgan fingerprint density at radius 2 is 1.83 bits per heavy atom. The number of hydrogen-bond acceptors (Lipinski definition) is 3. The Hall–Kier alpha value is -3.28. The zero-order chi connectivity index (χ0) is 20.7. The summed E-state index contributed by atoms with van der Waals surface area (Å²) >= 11 is 0. The highest BCUT2D eigenvalue weighted by Gasteiger charge is 2.42. The summed E-state index contributed by atoms with van der Waals surface area (Å²) in [5, 5.41) is 1.04. The number of amides is 2. The largest absolute Gasteiger partial charge is 0.485 e. The molecule has 3 heterocycles. The number of hydrogen-bond donors (Lipinski definition) is 1. The Morgan fingerprint density at radius 3 is 2.63 bits per heavy atom. The second-order valence-corrected chi connectivity index (χ2v) is 8.34. The SMILES string of the molecule is CC(=O)N1Cc2ccccc2OC2(CCN(C(=O)c3ccc4[nH]ccc4c3)CC2)C1. The van der Waals surface area contributed by atoms with Crippen LogP contribution in [0.15, 0.2) is 54.7 Å². The number of nitrogens with one attached hydrogen (secondary N) is 1. The molecule has 154 valence electrons. The van der Waals surface area contributed by atoms with Crippen LogP contribution in [0.2, 0.25) is 0 Å². The highest BCUT2D eigenvalue weighted by Crippen LogP contribution is 2.36. The topological polar surface area (TPSA) is 65.6 Å². The molecule has 1 N–H and O–H groups in total. The first kappa shape index (κ1) is 18.7. The van der Waals surface area contributed by atoms with Crippen LogP contribution in [0, 0.1) is 0 Å². The van der Waals surface area contributed by atoms with Crippen molar-refractivity contribution in [2.75, 3.05) is 19.6 Å². The Balaban J connectivity index is 1.35. The van der Waals surface area contributed by atoms with Crippen LogP contribution in [-0.2, 0) is 11.3 Å². The van der Waals surface area contributed by atoms with Crippen molar-refractivity contribution in [1.82, 2.24) is 14.8 Å². The fraction of sp³-hybridized carbons (Fsp3) is 0.333. The summed E-state index contributed by atoms with van der Waals surface area (Å²) in [4.78, 5) is 32.2. The molecular formula is C24H25N3O3. The molecule has 1 saturated heterocycles. The summed E-state index contributed by atoms with van der Waals surface area (Å²) in [6, 6.07) is 15.7. The maximum absolute atomic E-state index is 13.1. The number of aromatic nitrogens is 1. The average Bonchev–Trinajstić information content (AvgIpc) is 3.16. The van der Waals surface area contributed by atoms with Crippen molar-refractivity contribution in [2.24, 2.45) is 0 Å². The molecule has 0 radical (unpaired) electrons. The number of fused-ring (bicyclic) bond motifs is 2. The number of H-pyrrole nitrogens is 1. The van der Waals surface area contributed by atoms with Crippen LogP contribution in [-0.4, -0.2) is 51.8 Å². The van der Waals surface area contributed by atoms with Crippen molar-refractivity contribution < 1.29 is 14.3 Å². The van der Waals surface area contributed by atoms with Crippen LogP contribution in [0.3, 0.4) is 0 Å². The average molecular weight is 403 g/mol. The number of likely N-dealkylation sites (tertiary alicyclic amines) is 1. The number of para-hydroxylation sites is 1. The molecule has 1 aromatic heterocycles. The normalized spacial score (nSPS) is 18.0. The van der Waals surface area contributed by atoms with E-state index < -0.39 is 5.60 Å². The lowest BCUT2D eigenvalue weighted by Gasteiger charge is -2.42. The molecule has 0 aliphatic carbocycles. The fourth-order valence-electron chi connectivity index (χ4n) is 4.58. The first-order valence-corrected chi connectivity index (χ1v) is 10.4. The standard InChI is InChI=1S/C24H25N3O3/c1-17(28)27-15-20-4-2-3-5-22(20)30-24(16-27)9-12-26(13-10-24)23(29)19-6-7-21-18(14-19)8-11-25-21/h2-8,11,14,25H,9-10,12-13,15-16H2,1H3. The Morgan fingerprint density at radius 1 is 1.03 bits per heavy atom. The Labute approximate surface area is 175 Å². The maximum Gasteiger partial charge on any atom is 0.253 e. The molecule has 0 bridgehead atoms. The van der Waals surface area contributed by atoms with Crippen molar-refractivity contribution in [1.29, 1.82) is 0 Å². The number of nitrogens with zero attached hydrogens (tertiary/aromatic N) is 2. The predicted molar refractivity (Wildman–Crippen MR) is 114 cm³/mol. The molecule has 2 aliphatic rings. The van der Waals surface area contributed by atoms with Crippen molar-refractivity contribution in [3.8, 4) is 5.75 Å². The lowest BCUT2D eigenvalue weighted by molar-refractivity contribution is -0.132. The van der Waals surface area contributed by atoms with Crippen LogP contribution in [0.25, 0.3) is 10.9 Å². The number of aromatic amines is 1. The molecule has 30 heavy (non-hydrogen) atoms. The van der Waals surface area contributed by atoms with Gasteiger partial charge in [-0.15, -0.1) is 0 Å². The Kier molecular flexibility index (Phi) is 4.50. The summed E-state index contributed by atoms with van der Waals surface area (Å²) in [7, 11) is 0. The van der Waals surface area contributed by atoms with E-state index in [1.807, 2.05) is 64.5 Å². The summed E-state index contributed by atoms with van der Waals surface area (Å²) < 4.78 is 6.51.